The number of H-pyrrole nitrogens is 2. The fourth-order valence-electron chi connectivity index (χ4n) is 5.91. The molecular formula is C36H20ClFN10. The van der Waals surface area contributed by atoms with E-state index >= 15 is 0 Å². The maximum Gasteiger partial charge on any atom is 0.309 e. The van der Waals surface area contributed by atoms with Crippen molar-refractivity contribution in [2.45, 2.75) is 0 Å². The Hall–Kier alpha value is -6.46. The van der Waals surface area contributed by atoms with Gasteiger partial charge in [0.25, 0.3) is 0 Å². The first-order chi connectivity index (χ1) is 23.6. The van der Waals surface area contributed by atoms with Gasteiger partial charge in [-0.2, -0.15) is 9.37 Å². The van der Waals surface area contributed by atoms with E-state index in [0.29, 0.717) is 45.9 Å². The number of rotatable bonds is 0. The molecular weight excluding hydrogens is 627 g/mol. The number of aromatic nitrogens is 10. The summed E-state index contributed by atoms with van der Waals surface area (Å²) in [6.45, 7) is 0. The molecule has 0 atom stereocenters. The molecule has 4 aromatic carbocycles. The Morgan fingerprint density at radius 1 is 0.417 bits per heavy atom. The number of hydrogen-bond acceptors (Lipinski definition) is 8. The lowest BCUT2D eigenvalue weighted by Crippen LogP contribution is -1.84. The zero-order valence-electron chi connectivity index (χ0n) is 24.7. The van der Waals surface area contributed by atoms with Gasteiger partial charge in [-0.3, -0.25) is 0 Å². The molecule has 0 saturated heterocycles. The topological polar surface area (TPSA) is 135 Å². The van der Waals surface area contributed by atoms with Gasteiger partial charge in [-0.15, -0.1) is 0 Å². The van der Waals surface area contributed by atoms with E-state index in [2.05, 4.69) is 19.9 Å². The van der Waals surface area contributed by atoms with E-state index in [-0.39, 0.29) is 5.15 Å². The smallest absolute Gasteiger partial charge is 0.309 e. The summed E-state index contributed by atoms with van der Waals surface area (Å²) in [6, 6.07) is 33.6. The van der Waals surface area contributed by atoms with Crippen LogP contribution in [0.3, 0.4) is 0 Å². The molecule has 228 valence electrons. The number of nitrogens with one attached hydrogen (secondary N) is 2. The van der Waals surface area contributed by atoms with E-state index in [0.717, 1.165) is 43.8 Å². The van der Waals surface area contributed by atoms with Crippen molar-refractivity contribution < 1.29 is 4.39 Å². The lowest BCUT2D eigenvalue weighted by atomic mass is 10.1. The zero-order chi connectivity index (χ0) is 32.2. The largest absolute Gasteiger partial charge is 0.324 e. The molecule has 2 aliphatic heterocycles. The van der Waals surface area contributed by atoms with Gasteiger partial charge in [0.15, 0.2) is 23.3 Å². The van der Waals surface area contributed by atoms with Crippen LogP contribution in [-0.2, 0) is 0 Å². The molecule has 0 radical (unpaired) electrons. The Morgan fingerprint density at radius 3 is 1.04 bits per heavy atom. The number of nitrogens with zero attached hydrogens (tertiary/aromatic N) is 8. The molecule has 8 bridgehead atoms. The number of fused-ring (bicyclic) bond motifs is 20. The molecule has 0 saturated carbocycles. The van der Waals surface area contributed by atoms with Crippen LogP contribution in [0.25, 0.3) is 89.7 Å². The predicted molar refractivity (Wildman–Crippen MR) is 183 cm³/mol. The zero-order valence-corrected chi connectivity index (χ0v) is 25.5. The fourth-order valence-corrected chi connectivity index (χ4v) is 6.03. The summed E-state index contributed by atoms with van der Waals surface area (Å²) in [6.07, 6.45) is 0.461. The van der Waals surface area contributed by atoms with E-state index < -0.39 is 6.08 Å². The summed E-state index contributed by atoms with van der Waals surface area (Å²) in [7, 11) is 0. The van der Waals surface area contributed by atoms with Gasteiger partial charge in [0.2, 0.25) is 0 Å². The average molecular weight is 647 g/mol. The Bertz CT molecular complexity index is 2400. The van der Waals surface area contributed by atoms with E-state index in [1.54, 1.807) is 0 Å². The molecule has 48 heavy (non-hydrogen) atoms. The van der Waals surface area contributed by atoms with Crippen LogP contribution in [-0.4, -0.2) is 49.8 Å². The lowest BCUT2D eigenvalue weighted by molar-refractivity contribution is 0.539. The molecule has 0 amide bonds. The molecule has 4 aromatic heterocycles. The first kappa shape index (κ1) is 27.8. The first-order valence-corrected chi connectivity index (χ1v) is 15.3. The molecule has 0 fully saturated rings. The van der Waals surface area contributed by atoms with Crippen LogP contribution in [0.1, 0.15) is 0 Å². The third kappa shape index (κ3) is 4.72. The monoisotopic (exact) mass is 646 g/mol. The summed E-state index contributed by atoms with van der Waals surface area (Å²) >= 11 is 5.25. The van der Waals surface area contributed by atoms with Crippen molar-refractivity contribution in [3.63, 3.8) is 0 Å². The van der Waals surface area contributed by atoms with Crippen molar-refractivity contribution in [2.75, 3.05) is 0 Å². The molecule has 2 aliphatic rings. The third-order valence-electron chi connectivity index (χ3n) is 8.05. The Labute approximate surface area is 275 Å². The van der Waals surface area contributed by atoms with E-state index in [9.17, 15) is 4.39 Å². The minimum Gasteiger partial charge on any atom is -0.324 e. The minimum atomic E-state index is -0.794. The van der Waals surface area contributed by atoms with Crippen molar-refractivity contribution in [1.29, 1.82) is 0 Å². The van der Waals surface area contributed by atoms with Crippen molar-refractivity contribution in [3.8, 4) is 45.6 Å². The highest BCUT2D eigenvalue weighted by atomic mass is 35.5. The van der Waals surface area contributed by atoms with Gasteiger partial charge < -0.3 is 9.97 Å². The average Bonchev–Trinajstić information content (AvgIpc) is 3.84. The molecule has 6 heterocycles. The first-order valence-electron chi connectivity index (χ1n) is 14.9. The van der Waals surface area contributed by atoms with Gasteiger partial charge in [0.05, 0.1) is 0 Å². The Morgan fingerprint density at radius 2 is 0.750 bits per heavy atom. The van der Waals surface area contributed by atoms with E-state index in [1.165, 1.54) is 12.3 Å². The minimum absolute atomic E-state index is 0.123. The maximum absolute atomic E-state index is 11.9. The molecule has 10 rings (SSSR count). The number of benzene rings is 4. The fraction of sp³-hybridized carbons (Fsp3) is 0. The van der Waals surface area contributed by atoms with Crippen LogP contribution in [0.2, 0.25) is 5.15 Å². The molecule has 0 unspecified atom stereocenters. The number of halogens is 2. The second-order valence-electron chi connectivity index (χ2n) is 10.9. The van der Waals surface area contributed by atoms with Crippen LogP contribution in [0, 0.1) is 6.08 Å². The van der Waals surface area contributed by atoms with E-state index in [4.69, 9.17) is 41.5 Å². The van der Waals surface area contributed by atoms with Crippen LogP contribution < -0.4 is 0 Å². The number of hydrogen-bond donors (Lipinski definition) is 2. The Kier molecular flexibility index (Phi) is 6.44. The van der Waals surface area contributed by atoms with E-state index in [1.807, 2.05) is 97.1 Å². The summed E-state index contributed by atoms with van der Waals surface area (Å²) in [4.78, 5) is 43.1. The Balaban J connectivity index is 0.000000347. The SMILES string of the molecule is Fc1nccc(Cl)n1.c1ccc2c(c1)-c1nc-2nc2[nH]c(nc3nc(nc4[nH]c(n1)c1ccccc41)-c1ccccc1-3)c1ccccc21. The highest BCUT2D eigenvalue weighted by Gasteiger charge is 2.21. The van der Waals surface area contributed by atoms with Gasteiger partial charge in [-0.05, 0) is 6.07 Å². The van der Waals surface area contributed by atoms with Crippen molar-refractivity contribution in [3.05, 3.63) is 121 Å². The van der Waals surface area contributed by atoms with Crippen LogP contribution in [0.4, 0.5) is 4.39 Å². The standard InChI is InChI=1S/C32H18N8.C4H2ClFN2/c1-2-10-18-17(9-1)25-33-26(18)38-28-21-13-5-6-14-22(21)30(35-28)40-32-24-16-8-7-15-23(24)31(36-32)39-29-20-12-4-3-11-19(20)27(34-29)37-25;5-3-1-2-7-4(6)8-3/h1-16H,(H2,33,34,35,36,37,38,39,40);1-2H. The third-order valence-corrected chi connectivity index (χ3v) is 8.26. The maximum atomic E-state index is 11.9. The van der Waals surface area contributed by atoms with Crippen molar-refractivity contribution >= 4 is 55.7 Å². The normalized spacial score (nSPS) is 11.5. The van der Waals surface area contributed by atoms with Crippen LogP contribution in [0.5, 0.6) is 0 Å². The molecule has 0 spiro atoms. The van der Waals surface area contributed by atoms with Gasteiger partial charge in [-0.1, -0.05) is 109 Å². The van der Waals surface area contributed by atoms with Crippen LogP contribution in [0.15, 0.2) is 109 Å². The molecule has 2 N–H and O–H groups in total. The highest BCUT2D eigenvalue weighted by molar-refractivity contribution is 6.29. The molecule has 0 aliphatic carbocycles. The lowest BCUT2D eigenvalue weighted by Gasteiger charge is -1.96. The second-order valence-corrected chi connectivity index (χ2v) is 11.3. The van der Waals surface area contributed by atoms with Gasteiger partial charge in [-0.25, -0.2) is 34.9 Å². The summed E-state index contributed by atoms with van der Waals surface area (Å²) in [5, 5.41) is 3.94. The number of aromatic amines is 2. The van der Waals surface area contributed by atoms with Gasteiger partial charge in [0, 0.05) is 50.0 Å². The quantitative estimate of drug-likeness (QED) is 0.125. The summed E-state index contributed by atoms with van der Waals surface area (Å²) < 4.78 is 11.9. The summed E-state index contributed by atoms with van der Waals surface area (Å²) in [5.41, 5.74) is 6.45. The van der Waals surface area contributed by atoms with Crippen molar-refractivity contribution in [1.82, 2.24) is 49.8 Å². The predicted octanol–water partition coefficient (Wildman–Crippen LogP) is 8.14. The van der Waals surface area contributed by atoms with Crippen LogP contribution >= 0.6 is 11.6 Å². The summed E-state index contributed by atoms with van der Waals surface area (Å²) in [5.74, 6) is 2.39. The van der Waals surface area contributed by atoms with Gasteiger partial charge in [0.1, 0.15) is 27.7 Å². The highest BCUT2D eigenvalue weighted by Crippen LogP contribution is 2.36. The van der Waals surface area contributed by atoms with Crippen molar-refractivity contribution in [2.24, 2.45) is 0 Å². The molecule has 8 aromatic rings. The molecule has 10 nitrogen and oxygen atoms in total. The van der Waals surface area contributed by atoms with Gasteiger partial charge >= 0.3 is 6.08 Å². The molecule has 12 heteroatoms. The second kappa shape index (κ2) is 11.1.